The molecule has 2 unspecified atom stereocenters. The predicted octanol–water partition coefficient (Wildman–Crippen LogP) is 4.55. The van der Waals surface area contributed by atoms with Crippen LogP contribution in [0.1, 0.15) is 59.3 Å². The summed E-state index contributed by atoms with van der Waals surface area (Å²) in [5.74, 6) is 2.17. The molecule has 0 radical (unpaired) electrons. The van der Waals surface area contributed by atoms with Crippen LogP contribution in [0.4, 0.5) is 0 Å². The molecule has 0 aromatic heterocycles. The minimum Gasteiger partial charge on any atom is -0.332 e. The van der Waals surface area contributed by atoms with Crippen molar-refractivity contribution < 1.29 is 0 Å². The van der Waals surface area contributed by atoms with Crippen LogP contribution in [0.2, 0.25) is 18.6 Å². The topological polar surface area (TPSA) is 12.0 Å². The van der Waals surface area contributed by atoms with Crippen LogP contribution in [-0.2, 0) is 0 Å². The van der Waals surface area contributed by atoms with Gasteiger partial charge in [0.15, 0.2) is 0 Å². The number of fused-ring (bicyclic) bond motifs is 1. The highest BCUT2D eigenvalue weighted by Gasteiger charge is 2.44. The van der Waals surface area contributed by atoms with E-state index in [-0.39, 0.29) is 0 Å². The molecule has 0 aliphatic heterocycles. The Kier molecular flexibility index (Phi) is 3.76. The second-order valence-electron chi connectivity index (χ2n) is 8.07. The van der Waals surface area contributed by atoms with Gasteiger partial charge in [-0.3, -0.25) is 0 Å². The van der Waals surface area contributed by atoms with Gasteiger partial charge in [0.2, 0.25) is 0 Å². The molecule has 2 fully saturated rings. The molecule has 2 atom stereocenters. The van der Waals surface area contributed by atoms with Gasteiger partial charge in [0.25, 0.3) is 0 Å². The van der Waals surface area contributed by atoms with Crippen molar-refractivity contribution in [2.24, 2.45) is 11.8 Å². The van der Waals surface area contributed by atoms with Gasteiger partial charge in [-0.2, -0.15) is 0 Å². The summed E-state index contributed by atoms with van der Waals surface area (Å²) in [6.07, 6.45) is 9.13. The van der Waals surface area contributed by atoms with Crippen molar-refractivity contribution in [3.8, 4) is 0 Å². The minimum absolute atomic E-state index is 0.295. The molecule has 2 rings (SSSR count). The maximum Gasteiger partial charge on any atom is 0.122 e. The highest BCUT2D eigenvalue weighted by Crippen LogP contribution is 2.50. The maximum atomic E-state index is 3.99. The Labute approximate surface area is 109 Å². The Balaban J connectivity index is 1.98. The van der Waals surface area contributed by atoms with E-state index in [2.05, 4.69) is 38.8 Å². The molecule has 0 saturated heterocycles. The molecule has 2 heteroatoms. The summed E-state index contributed by atoms with van der Waals surface area (Å²) in [6.45, 7) is 12.1. The molecule has 100 valence electrons. The van der Waals surface area contributed by atoms with E-state index < -0.39 is 8.24 Å². The van der Waals surface area contributed by atoms with Crippen LogP contribution in [0.15, 0.2) is 0 Å². The Bertz CT molecular complexity index is 253. The van der Waals surface area contributed by atoms with E-state index >= 15 is 0 Å². The second kappa shape index (κ2) is 4.69. The smallest absolute Gasteiger partial charge is 0.122 e. The second-order valence-corrected chi connectivity index (χ2v) is 12.6. The van der Waals surface area contributed by atoms with Gasteiger partial charge >= 0.3 is 0 Å². The molecule has 2 aliphatic rings. The van der Waals surface area contributed by atoms with Crippen LogP contribution in [0.25, 0.3) is 0 Å². The zero-order valence-corrected chi connectivity index (χ0v) is 13.5. The molecule has 0 aromatic carbocycles. The van der Waals surface area contributed by atoms with Crippen LogP contribution in [-0.4, -0.2) is 13.8 Å². The molecule has 2 aliphatic carbocycles. The molecule has 0 spiro atoms. The molecule has 17 heavy (non-hydrogen) atoms. The van der Waals surface area contributed by atoms with Gasteiger partial charge in [-0.25, -0.2) is 0 Å². The van der Waals surface area contributed by atoms with Gasteiger partial charge in [0.05, 0.1) is 0 Å². The Morgan fingerprint density at radius 2 is 1.41 bits per heavy atom. The lowest BCUT2D eigenvalue weighted by atomic mass is 9.82. The maximum absolute atomic E-state index is 3.99. The van der Waals surface area contributed by atoms with Gasteiger partial charge in [0, 0.05) is 5.54 Å². The summed E-state index contributed by atoms with van der Waals surface area (Å²) in [6, 6.07) is 0. The minimum atomic E-state index is -1.24. The van der Waals surface area contributed by atoms with E-state index in [4.69, 9.17) is 0 Å². The summed E-state index contributed by atoms with van der Waals surface area (Å²) in [4.78, 5) is 3.99. The SMILES string of the molecule is CC(C)(C)N[Si](C)(C)C1CC2CCCCC2C1. The molecule has 1 N–H and O–H groups in total. The summed E-state index contributed by atoms with van der Waals surface area (Å²) in [5.41, 5.74) is 1.32. The van der Waals surface area contributed by atoms with E-state index in [1.165, 1.54) is 38.5 Å². The number of hydrogen-bond acceptors (Lipinski definition) is 1. The number of rotatable bonds is 2. The first-order valence-electron chi connectivity index (χ1n) is 7.57. The largest absolute Gasteiger partial charge is 0.332 e. The van der Waals surface area contributed by atoms with E-state index in [1.54, 1.807) is 0 Å². The van der Waals surface area contributed by atoms with Gasteiger partial charge in [-0.05, 0) is 51.0 Å². The molecule has 0 bridgehead atoms. The number of hydrogen-bond donors (Lipinski definition) is 1. The monoisotopic (exact) mass is 253 g/mol. The van der Waals surface area contributed by atoms with E-state index in [9.17, 15) is 0 Å². The van der Waals surface area contributed by atoms with Crippen LogP contribution >= 0.6 is 0 Å². The van der Waals surface area contributed by atoms with Crippen molar-refractivity contribution in [1.29, 1.82) is 0 Å². The van der Waals surface area contributed by atoms with Crippen LogP contribution in [0.3, 0.4) is 0 Å². The van der Waals surface area contributed by atoms with E-state index in [0.717, 1.165) is 17.4 Å². The third-order valence-electron chi connectivity index (χ3n) is 4.96. The fourth-order valence-corrected chi connectivity index (χ4v) is 8.31. The van der Waals surface area contributed by atoms with Crippen molar-refractivity contribution >= 4 is 8.24 Å². The normalized spacial score (nSPS) is 34.8. The third kappa shape index (κ3) is 3.34. The first kappa shape index (κ1) is 13.6. The van der Waals surface area contributed by atoms with Crippen LogP contribution < -0.4 is 4.98 Å². The van der Waals surface area contributed by atoms with Crippen molar-refractivity contribution in [2.75, 3.05) is 0 Å². The lowest BCUT2D eigenvalue weighted by molar-refractivity contribution is 0.277. The van der Waals surface area contributed by atoms with Gasteiger partial charge in [-0.15, -0.1) is 0 Å². The molecule has 0 amide bonds. The Morgan fingerprint density at radius 1 is 0.941 bits per heavy atom. The van der Waals surface area contributed by atoms with Crippen molar-refractivity contribution in [2.45, 2.75) is 83.5 Å². The fraction of sp³-hybridized carbons (Fsp3) is 1.00. The highest BCUT2D eigenvalue weighted by molar-refractivity contribution is 6.76. The Hall–Kier alpha value is 0.177. The molecular weight excluding hydrogens is 222 g/mol. The summed E-state index contributed by atoms with van der Waals surface area (Å²) < 4.78 is 0. The summed E-state index contributed by atoms with van der Waals surface area (Å²) in [5, 5.41) is 0. The van der Waals surface area contributed by atoms with Crippen LogP contribution in [0.5, 0.6) is 0 Å². The zero-order valence-electron chi connectivity index (χ0n) is 12.5. The average Bonchev–Trinajstić information content (AvgIpc) is 2.57. The van der Waals surface area contributed by atoms with Crippen molar-refractivity contribution in [3.05, 3.63) is 0 Å². The van der Waals surface area contributed by atoms with Gasteiger partial charge < -0.3 is 4.98 Å². The quantitative estimate of drug-likeness (QED) is 0.712. The average molecular weight is 254 g/mol. The Morgan fingerprint density at radius 3 is 1.82 bits per heavy atom. The molecule has 2 saturated carbocycles. The molecule has 0 aromatic rings. The summed E-state index contributed by atoms with van der Waals surface area (Å²) >= 11 is 0. The lowest BCUT2D eigenvalue weighted by Gasteiger charge is -2.37. The molecular formula is C15H31NSi. The van der Waals surface area contributed by atoms with Gasteiger partial charge in [-0.1, -0.05) is 38.8 Å². The van der Waals surface area contributed by atoms with Gasteiger partial charge in [0.1, 0.15) is 8.24 Å². The van der Waals surface area contributed by atoms with Crippen molar-refractivity contribution in [3.63, 3.8) is 0 Å². The van der Waals surface area contributed by atoms with E-state index in [0.29, 0.717) is 5.54 Å². The number of nitrogens with one attached hydrogen (secondary N) is 1. The molecule has 0 heterocycles. The zero-order chi connectivity index (χ0) is 12.7. The first-order chi connectivity index (χ1) is 7.78. The lowest BCUT2D eigenvalue weighted by Crippen LogP contribution is -2.56. The fourth-order valence-electron chi connectivity index (χ4n) is 4.39. The first-order valence-corrected chi connectivity index (χ1v) is 10.6. The molecule has 1 nitrogen and oxygen atoms in total. The van der Waals surface area contributed by atoms with E-state index in [1.807, 2.05) is 0 Å². The standard InChI is InChI=1S/C15H31NSi/c1-15(2,3)16-17(4,5)14-10-12-8-6-7-9-13(12)11-14/h12-14,16H,6-11H2,1-5H3. The summed E-state index contributed by atoms with van der Waals surface area (Å²) in [7, 11) is -1.24. The highest BCUT2D eigenvalue weighted by atomic mass is 28.3. The predicted molar refractivity (Wildman–Crippen MR) is 78.8 cm³/mol. The third-order valence-corrected chi connectivity index (χ3v) is 8.87. The van der Waals surface area contributed by atoms with Crippen molar-refractivity contribution in [1.82, 2.24) is 4.98 Å². The van der Waals surface area contributed by atoms with Crippen LogP contribution in [0, 0.1) is 11.8 Å².